The third-order valence-electron chi connectivity index (χ3n) is 4.45. The predicted octanol–water partition coefficient (Wildman–Crippen LogP) is 2.54. The van der Waals surface area contributed by atoms with Gasteiger partial charge in [0.15, 0.2) is 17.1 Å². The van der Waals surface area contributed by atoms with Crippen molar-refractivity contribution in [1.29, 1.82) is 0 Å². The average molecular weight is 389 g/mol. The number of methoxy groups -OCH3 is 2. The first kappa shape index (κ1) is 18.4. The molecule has 0 unspecified atom stereocenters. The van der Waals surface area contributed by atoms with E-state index in [-0.39, 0.29) is 5.56 Å². The van der Waals surface area contributed by atoms with E-state index in [9.17, 15) is 4.79 Å². The van der Waals surface area contributed by atoms with Crippen LogP contribution in [0.4, 0.5) is 0 Å². The molecule has 4 aromatic rings. The third kappa shape index (κ3) is 3.73. The van der Waals surface area contributed by atoms with E-state index in [4.69, 9.17) is 9.47 Å². The van der Waals surface area contributed by atoms with Crippen molar-refractivity contribution in [2.24, 2.45) is 5.10 Å². The zero-order chi connectivity index (χ0) is 20.2. The topological polar surface area (TPSA) is 83.5 Å². The SMILES string of the molecule is COc1ccc(/C=N/n2cnc3c(cnn3Cc3ccccc3)c2=O)cc1OC. The lowest BCUT2D eigenvalue weighted by atomic mass is 10.2. The molecule has 0 amide bonds. The van der Waals surface area contributed by atoms with Crippen LogP contribution in [0.3, 0.4) is 0 Å². The molecule has 0 atom stereocenters. The minimum absolute atomic E-state index is 0.286. The highest BCUT2D eigenvalue weighted by atomic mass is 16.5. The smallest absolute Gasteiger partial charge is 0.285 e. The van der Waals surface area contributed by atoms with Gasteiger partial charge >= 0.3 is 0 Å². The molecule has 2 aromatic heterocycles. The maximum Gasteiger partial charge on any atom is 0.285 e. The lowest BCUT2D eigenvalue weighted by Crippen LogP contribution is -2.17. The van der Waals surface area contributed by atoms with Gasteiger partial charge in [0.25, 0.3) is 5.56 Å². The van der Waals surface area contributed by atoms with Crippen molar-refractivity contribution in [1.82, 2.24) is 19.4 Å². The van der Waals surface area contributed by atoms with E-state index in [2.05, 4.69) is 15.2 Å². The first-order valence-electron chi connectivity index (χ1n) is 8.93. The molecule has 0 saturated heterocycles. The Morgan fingerprint density at radius 1 is 1.07 bits per heavy atom. The normalized spacial score (nSPS) is 11.2. The van der Waals surface area contributed by atoms with Crippen LogP contribution in [-0.2, 0) is 6.54 Å². The predicted molar refractivity (Wildman–Crippen MR) is 110 cm³/mol. The summed E-state index contributed by atoms with van der Waals surface area (Å²) in [6.07, 6.45) is 4.48. The van der Waals surface area contributed by atoms with Crippen molar-refractivity contribution in [2.75, 3.05) is 14.2 Å². The minimum atomic E-state index is -0.286. The summed E-state index contributed by atoms with van der Waals surface area (Å²) in [6.45, 7) is 0.537. The summed E-state index contributed by atoms with van der Waals surface area (Å²) in [4.78, 5) is 17.1. The first-order chi connectivity index (χ1) is 14.2. The number of hydrogen-bond acceptors (Lipinski definition) is 6. The Morgan fingerprint density at radius 3 is 2.62 bits per heavy atom. The van der Waals surface area contributed by atoms with E-state index < -0.39 is 0 Å². The summed E-state index contributed by atoms with van der Waals surface area (Å²) in [7, 11) is 3.14. The van der Waals surface area contributed by atoms with Gasteiger partial charge in [0.2, 0.25) is 0 Å². The summed E-state index contributed by atoms with van der Waals surface area (Å²) >= 11 is 0. The molecule has 0 aliphatic heterocycles. The lowest BCUT2D eigenvalue weighted by Gasteiger charge is -2.07. The van der Waals surface area contributed by atoms with E-state index in [1.165, 1.54) is 17.2 Å². The van der Waals surface area contributed by atoms with Crippen LogP contribution in [0.1, 0.15) is 11.1 Å². The maximum atomic E-state index is 12.8. The Labute approximate surface area is 166 Å². The summed E-state index contributed by atoms with van der Waals surface area (Å²) in [5, 5.41) is 8.95. The molecular formula is C21H19N5O3. The van der Waals surface area contributed by atoms with Crippen LogP contribution in [0.5, 0.6) is 11.5 Å². The van der Waals surface area contributed by atoms with Crippen LogP contribution in [0.15, 0.2) is 71.0 Å². The molecule has 0 aliphatic rings. The van der Waals surface area contributed by atoms with E-state index >= 15 is 0 Å². The van der Waals surface area contributed by atoms with Crippen molar-refractivity contribution in [3.8, 4) is 11.5 Å². The van der Waals surface area contributed by atoms with E-state index in [0.717, 1.165) is 11.1 Å². The van der Waals surface area contributed by atoms with Crippen molar-refractivity contribution in [3.63, 3.8) is 0 Å². The van der Waals surface area contributed by atoms with Gasteiger partial charge in [0.05, 0.1) is 33.2 Å². The number of benzene rings is 2. The molecule has 0 N–H and O–H groups in total. The van der Waals surface area contributed by atoms with Gasteiger partial charge in [0, 0.05) is 0 Å². The number of fused-ring (bicyclic) bond motifs is 1. The molecule has 0 radical (unpaired) electrons. The summed E-state index contributed by atoms with van der Waals surface area (Å²) in [5.74, 6) is 1.20. The van der Waals surface area contributed by atoms with Crippen LogP contribution in [0.2, 0.25) is 0 Å². The zero-order valence-corrected chi connectivity index (χ0v) is 16.0. The second-order valence-corrected chi connectivity index (χ2v) is 6.28. The molecule has 0 aliphatic carbocycles. The van der Waals surface area contributed by atoms with E-state index in [1.54, 1.807) is 37.2 Å². The fourth-order valence-electron chi connectivity index (χ4n) is 2.97. The van der Waals surface area contributed by atoms with Crippen molar-refractivity contribution < 1.29 is 9.47 Å². The Kier molecular flexibility index (Phi) is 5.07. The van der Waals surface area contributed by atoms with Gasteiger partial charge in [0.1, 0.15) is 11.7 Å². The third-order valence-corrected chi connectivity index (χ3v) is 4.45. The minimum Gasteiger partial charge on any atom is -0.493 e. The fourth-order valence-corrected chi connectivity index (χ4v) is 2.97. The largest absolute Gasteiger partial charge is 0.493 e. The molecule has 2 heterocycles. The highest BCUT2D eigenvalue weighted by Gasteiger charge is 2.10. The summed E-state index contributed by atoms with van der Waals surface area (Å²) < 4.78 is 13.4. The van der Waals surface area contributed by atoms with E-state index in [0.29, 0.717) is 29.1 Å². The van der Waals surface area contributed by atoms with Crippen LogP contribution >= 0.6 is 0 Å². The standard InChI is InChI=1S/C21H19N5O3/c1-28-18-9-8-16(10-19(18)29-2)11-23-26-14-22-20-17(21(26)27)12-24-25(20)13-15-6-4-3-5-7-15/h3-12,14H,13H2,1-2H3/b23-11+. The second kappa shape index (κ2) is 7.97. The quantitative estimate of drug-likeness (QED) is 0.473. The lowest BCUT2D eigenvalue weighted by molar-refractivity contribution is 0.355. The molecular weight excluding hydrogens is 370 g/mol. The van der Waals surface area contributed by atoms with Crippen LogP contribution in [0, 0.1) is 0 Å². The first-order valence-corrected chi connectivity index (χ1v) is 8.93. The Morgan fingerprint density at radius 2 is 1.86 bits per heavy atom. The van der Waals surface area contributed by atoms with Gasteiger partial charge in [-0.25, -0.2) is 9.67 Å². The number of aromatic nitrogens is 4. The average Bonchev–Trinajstić information content (AvgIpc) is 3.17. The molecule has 0 spiro atoms. The molecule has 2 aromatic carbocycles. The molecule has 8 heteroatoms. The molecule has 0 bridgehead atoms. The summed E-state index contributed by atoms with van der Waals surface area (Å²) in [5.41, 5.74) is 2.08. The Hall–Kier alpha value is -3.94. The Bertz CT molecular complexity index is 1230. The highest BCUT2D eigenvalue weighted by Crippen LogP contribution is 2.26. The van der Waals surface area contributed by atoms with Crippen molar-refractivity contribution in [3.05, 3.63) is 82.5 Å². The number of nitrogens with zero attached hydrogens (tertiary/aromatic N) is 5. The molecule has 0 fully saturated rings. The van der Waals surface area contributed by atoms with E-state index in [1.807, 2.05) is 36.4 Å². The second-order valence-electron chi connectivity index (χ2n) is 6.28. The highest BCUT2D eigenvalue weighted by molar-refractivity contribution is 5.81. The van der Waals surface area contributed by atoms with Gasteiger partial charge in [-0.05, 0) is 29.3 Å². The monoisotopic (exact) mass is 389 g/mol. The molecule has 8 nitrogen and oxygen atoms in total. The van der Waals surface area contributed by atoms with Crippen LogP contribution in [0.25, 0.3) is 11.0 Å². The zero-order valence-electron chi connectivity index (χ0n) is 16.0. The summed E-state index contributed by atoms with van der Waals surface area (Å²) in [6, 6.07) is 15.3. The van der Waals surface area contributed by atoms with Crippen molar-refractivity contribution >= 4 is 17.2 Å². The number of hydrogen-bond donors (Lipinski definition) is 0. The maximum absolute atomic E-state index is 12.8. The van der Waals surface area contributed by atoms with Crippen LogP contribution < -0.4 is 15.0 Å². The molecule has 0 saturated carbocycles. The Balaban J connectivity index is 1.63. The fraction of sp³-hybridized carbons (Fsp3) is 0.143. The van der Waals surface area contributed by atoms with Gasteiger partial charge in [-0.15, -0.1) is 0 Å². The van der Waals surface area contributed by atoms with Gasteiger partial charge < -0.3 is 9.47 Å². The van der Waals surface area contributed by atoms with Gasteiger partial charge in [-0.2, -0.15) is 14.9 Å². The van der Waals surface area contributed by atoms with Crippen molar-refractivity contribution in [2.45, 2.75) is 6.54 Å². The molecule has 146 valence electrons. The number of rotatable bonds is 6. The van der Waals surface area contributed by atoms with Gasteiger partial charge in [-0.3, -0.25) is 4.79 Å². The molecule has 29 heavy (non-hydrogen) atoms. The molecule has 4 rings (SSSR count). The number of ether oxygens (including phenoxy) is 2. The van der Waals surface area contributed by atoms with Crippen LogP contribution in [-0.4, -0.2) is 39.9 Å². The van der Waals surface area contributed by atoms with Gasteiger partial charge in [-0.1, -0.05) is 30.3 Å².